The summed E-state index contributed by atoms with van der Waals surface area (Å²) in [6, 6.07) is 0.123. The summed E-state index contributed by atoms with van der Waals surface area (Å²) in [7, 11) is 1.70. The van der Waals surface area contributed by atoms with Crippen LogP contribution in [0.2, 0.25) is 0 Å². The molecule has 0 saturated heterocycles. The van der Waals surface area contributed by atoms with E-state index in [-0.39, 0.29) is 18.2 Å². The van der Waals surface area contributed by atoms with Gasteiger partial charge < -0.3 is 15.4 Å². The molecule has 0 aromatic rings. The van der Waals surface area contributed by atoms with Crippen LogP contribution in [0.4, 0.5) is 4.79 Å². The number of ether oxygens (including phenoxy) is 1. The van der Waals surface area contributed by atoms with Gasteiger partial charge in [0, 0.05) is 13.7 Å². The maximum absolute atomic E-state index is 11.3. The number of methoxy groups -OCH3 is 1. The first-order valence-corrected chi connectivity index (χ1v) is 5.35. The predicted octanol–water partition coefficient (Wildman–Crippen LogP) is 1.26. The molecule has 2 amide bonds. The third-order valence-electron chi connectivity index (χ3n) is 2.61. The molecule has 1 aliphatic rings. The first-order chi connectivity index (χ1) is 6.77. The number of hydrogen-bond acceptors (Lipinski definition) is 2. The fourth-order valence-electron chi connectivity index (χ4n) is 1.83. The fraction of sp³-hybridized carbons (Fsp3) is 0.900. The molecule has 0 aliphatic heterocycles. The molecule has 2 N–H and O–H groups in total. The lowest BCUT2D eigenvalue weighted by atomic mass is 10.2. The highest BCUT2D eigenvalue weighted by atomic mass is 16.5. The van der Waals surface area contributed by atoms with Crippen molar-refractivity contribution in [1.82, 2.24) is 10.6 Å². The minimum atomic E-state index is -0.0687. The van der Waals surface area contributed by atoms with Gasteiger partial charge in [-0.05, 0) is 25.7 Å². The summed E-state index contributed by atoms with van der Waals surface area (Å²) in [4.78, 5) is 11.3. The smallest absolute Gasteiger partial charge is 0.315 e. The van der Waals surface area contributed by atoms with Crippen LogP contribution in [0.25, 0.3) is 0 Å². The standard InChI is InChI=1S/C10H20N2O2/c1-3-7-11-10(13)12-8-5-4-6-9(8)14-2/h8-9H,3-7H2,1-2H3,(H2,11,12,13). The van der Waals surface area contributed by atoms with Gasteiger partial charge in [0.25, 0.3) is 0 Å². The number of urea groups is 1. The molecular weight excluding hydrogens is 180 g/mol. The molecule has 82 valence electrons. The Hall–Kier alpha value is -0.770. The van der Waals surface area contributed by atoms with E-state index in [1.807, 2.05) is 6.92 Å². The first-order valence-electron chi connectivity index (χ1n) is 5.35. The van der Waals surface area contributed by atoms with Gasteiger partial charge in [-0.1, -0.05) is 6.92 Å². The number of carbonyl (C=O) groups is 1. The number of amides is 2. The molecule has 4 nitrogen and oxygen atoms in total. The second-order valence-corrected chi connectivity index (χ2v) is 3.71. The van der Waals surface area contributed by atoms with Gasteiger partial charge in [0.15, 0.2) is 0 Å². The van der Waals surface area contributed by atoms with Gasteiger partial charge in [0.1, 0.15) is 0 Å². The molecule has 14 heavy (non-hydrogen) atoms. The second kappa shape index (κ2) is 5.86. The zero-order valence-corrected chi connectivity index (χ0v) is 9.01. The Bertz CT molecular complexity index is 185. The molecule has 2 unspecified atom stereocenters. The van der Waals surface area contributed by atoms with Crippen molar-refractivity contribution >= 4 is 6.03 Å². The molecule has 1 rings (SSSR count). The van der Waals surface area contributed by atoms with E-state index in [2.05, 4.69) is 10.6 Å². The zero-order chi connectivity index (χ0) is 10.4. The minimum absolute atomic E-state index is 0.0687. The molecule has 0 spiro atoms. The third kappa shape index (κ3) is 3.18. The van der Waals surface area contributed by atoms with E-state index in [1.165, 1.54) is 0 Å². The van der Waals surface area contributed by atoms with Crippen molar-refractivity contribution in [1.29, 1.82) is 0 Å². The highest BCUT2D eigenvalue weighted by Gasteiger charge is 2.27. The van der Waals surface area contributed by atoms with Crippen LogP contribution >= 0.6 is 0 Å². The van der Waals surface area contributed by atoms with E-state index in [1.54, 1.807) is 7.11 Å². The summed E-state index contributed by atoms with van der Waals surface area (Å²) in [5.41, 5.74) is 0. The molecule has 0 heterocycles. The van der Waals surface area contributed by atoms with E-state index in [0.29, 0.717) is 0 Å². The molecular formula is C10H20N2O2. The maximum atomic E-state index is 11.3. The first kappa shape index (κ1) is 11.3. The largest absolute Gasteiger partial charge is 0.379 e. The van der Waals surface area contributed by atoms with Crippen molar-refractivity contribution in [3.8, 4) is 0 Å². The average molecular weight is 200 g/mol. The fourth-order valence-corrected chi connectivity index (χ4v) is 1.83. The number of carbonyl (C=O) groups excluding carboxylic acids is 1. The highest BCUT2D eigenvalue weighted by molar-refractivity contribution is 5.74. The van der Waals surface area contributed by atoms with Crippen LogP contribution in [0, 0.1) is 0 Å². The molecule has 1 aliphatic carbocycles. The van der Waals surface area contributed by atoms with Crippen LogP contribution in [0.1, 0.15) is 32.6 Å². The lowest BCUT2D eigenvalue weighted by molar-refractivity contribution is 0.0875. The molecule has 1 saturated carbocycles. The summed E-state index contributed by atoms with van der Waals surface area (Å²) in [6.07, 6.45) is 4.37. The topological polar surface area (TPSA) is 50.4 Å². The van der Waals surface area contributed by atoms with Crippen molar-refractivity contribution in [3.63, 3.8) is 0 Å². The van der Waals surface area contributed by atoms with Gasteiger partial charge in [0.05, 0.1) is 12.1 Å². The van der Waals surface area contributed by atoms with Gasteiger partial charge >= 0.3 is 6.03 Å². The third-order valence-corrected chi connectivity index (χ3v) is 2.61. The number of nitrogens with one attached hydrogen (secondary N) is 2. The van der Waals surface area contributed by atoms with Gasteiger partial charge in [-0.2, -0.15) is 0 Å². The van der Waals surface area contributed by atoms with Crippen LogP contribution < -0.4 is 10.6 Å². The quantitative estimate of drug-likeness (QED) is 0.718. The van der Waals surface area contributed by atoms with Crippen molar-refractivity contribution in [2.75, 3.05) is 13.7 Å². The second-order valence-electron chi connectivity index (χ2n) is 3.71. The summed E-state index contributed by atoms with van der Waals surface area (Å²) in [5.74, 6) is 0. The van der Waals surface area contributed by atoms with Crippen molar-refractivity contribution in [3.05, 3.63) is 0 Å². The lowest BCUT2D eigenvalue weighted by Crippen LogP contribution is -2.46. The summed E-state index contributed by atoms with van der Waals surface area (Å²) < 4.78 is 5.29. The van der Waals surface area contributed by atoms with Crippen LogP contribution in [0.3, 0.4) is 0 Å². The van der Waals surface area contributed by atoms with Gasteiger partial charge in [0.2, 0.25) is 0 Å². The van der Waals surface area contributed by atoms with Crippen LogP contribution in [-0.4, -0.2) is 31.8 Å². The van der Waals surface area contributed by atoms with E-state index in [4.69, 9.17) is 4.74 Å². The molecule has 1 fully saturated rings. The van der Waals surface area contributed by atoms with Gasteiger partial charge in [-0.25, -0.2) is 4.79 Å². The van der Waals surface area contributed by atoms with Crippen molar-refractivity contribution < 1.29 is 9.53 Å². The van der Waals surface area contributed by atoms with Gasteiger partial charge in [-0.3, -0.25) is 0 Å². The Labute approximate surface area is 85.4 Å². The molecule has 4 heteroatoms. The van der Waals surface area contributed by atoms with E-state index >= 15 is 0 Å². The summed E-state index contributed by atoms with van der Waals surface area (Å²) in [6.45, 7) is 2.77. The summed E-state index contributed by atoms with van der Waals surface area (Å²) >= 11 is 0. The monoisotopic (exact) mass is 200 g/mol. The molecule has 0 aromatic carbocycles. The number of rotatable bonds is 4. The SMILES string of the molecule is CCCNC(=O)NC1CCCC1OC. The van der Waals surface area contributed by atoms with E-state index < -0.39 is 0 Å². The molecule has 0 aromatic heterocycles. The van der Waals surface area contributed by atoms with Gasteiger partial charge in [-0.15, -0.1) is 0 Å². The lowest BCUT2D eigenvalue weighted by Gasteiger charge is -2.19. The predicted molar refractivity (Wildman–Crippen MR) is 55.3 cm³/mol. The Balaban J connectivity index is 2.25. The molecule has 0 radical (unpaired) electrons. The van der Waals surface area contributed by atoms with E-state index in [0.717, 1.165) is 32.2 Å². The Morgan fingerprint density at radius 3 is 2.93 bits per heavy atom. The van der Waals surface area contributed by atoms with Crippen LogP contribution in [0.15, 0.2) is 0 Å². The van der Waals surface area contributed by atoms with Crippen molar-refractivity contribution in [2.45, 2.75) is 44.8 Å². The normalized spacial score (nSPS) is 26.1. The Kier molecular flexibility index (Phi) is 4.73. The minimum Gasteiger partial charge on any atom is -0.379 e. The number of hydrogen-bond donors (Lipinski definition) is 2. The molecule has 2 atom stereocenters. The van der Waals surface area contributed by atoms with Crippen LogP contribution in [-0.2, 0) is 4.74 Å². The maximum Gasteiger partial charge on any atom is 0.315 e. The Morgan fingerprint density at radius 1 is 1.50 bits per heavy atom. The van der Waals surface area contributed by atoms with Crippen LogP contribution in [0.5, 0.6) is 0 Å². The van der Waals surface area contributed by atoms with Crippen molar-refractivity contribution in [2.24, 2.45) is 0 Å². The summed E-state index contributed by atoms with van der Waals surface area (Å²) in [5, 5.41) is 5.74. The average Bonchev–Trinajstić information content (AvgIpc) is 2.62. The zero-order valence-electron chi connectivity index (χ0n) is 9.01. The van der Waals surface area contributed by atoms with E-state index in [9.17, 15) is 4.79 Å². The highest BCUT2D eigenvalue weighted by Crippen LogP contribution is 2.21. The molecule has 0 bridgehead atoms. The Morgan fingerprint density at radius 2 is 2.29 bits per heavy atom.